The van der Waals surface area contributed by atoms with Crippen molar-refractivity contribution in [3.8, 4) is 5.88 Å². The maximum Gasteiger partial charge on any atom is 0.274 e. The number of anilines is 1. The zero-order valence-electron chi connectivity index (χ0n) is 20.6. The number of carbonyl (C=O) groups excluding carboxylic acids is 1. The van der Waals surface area contributed by atoms with Gasteiger partial charge in [-0.3, -0.25) is 14.0 Å². The van der Waals surface area contributed by atoms with Crippen molar-refractivity contribution >= 4 is 17.4 Å². The van der Waals surface area contributed by atoms with E-state index < -0.39 is 5.91 Å². The average Bonchev–Trinajstić information content (AvgIpc) is 3.13. The molecule has 0 aromatic carbocycles. The number of hydrogen-bond acceptors (Lipinski definition) is 6. The molecule has 2 unspecified atom stereocenters. The maximum absolute atomic E-state index is 13.4. The summed E-state index contributed by atoms with van der Waals surface area (Å²) in [6.07, 6.45) is 9.13. The predicted molar refractivity (Wildman–Crippen MR) is 130 cm³/mol. The summed E-state index contributed by atoms with van der Waals surface area (Å²) >= 11 is 0. The van der Waals surface area contributed by atoms with Crippen molar-refractivity contribution in [2.75, 3.05) is 11.9 Å². The third-order valence-corrected chi connectivity index (χ3v) is 7.66. The van der Waals surface area contributed by atoms with Gasteiger partial charge in [-0.2, -0.15) is 4.98 Å². The molecule has 2 aliphatic heterocycles. The largest absolute Gasteiger partial charge is 0.474 e. The van der Waals surface area contributed by atoms with Crippen LogP contribution >= 0.6 is 0 Å². The molecular weight excluding hydrogens is 446 g/mol. The van der Waals surface area contributed by atoms with Crippen LogP contribution in [0.15, 0.2) is 35.5 Å². The fraction of sp³-hybridized carbons (Fsp3) is 0.538. The molecule has 4 aliphatic rings. The first-order valence-corrected chi connectivity index (χ1v) is 12.4. The molecule has 0 radical (unpaired) electrons. The topological polar surface area (TPSA) is 99.8 Å². The van der Waals surface area contributed by atoms with Crippen LogP contribution < -0.4 is 15.6 Å². The summed E-state index contributed by atoms with van der Waals surface area (Å²) in [5.74, 6) is 0.750. The molecule has 184 valence electrons. The average molecular weight is 478 g/mol. The molecule has 3 aromatic heterocycles. The highest BCUT2D eigenvalue weighted by molar-refractivity contribution is 6.05. The maximum atomic E-state index is 13.4. The van der Waals surface area contributed by atoms with Crippen molar-refractivity contribution in [1.29, 1.82) is 0 Å². The molecule has 2 aliphatic carbocycles. The first-order valence-electron chi connectivity index (χ1n) is 12.4. The van der Waals surface area contributed by atoms with Crippen molar-refractivity contribution in [3.05, 3.63) is 52.3 Å². The minimum absolute atomic E-state index is 0.0552. The van der Waals surface area contributed by atoms with Gasteiger partial charge in [-0.15, -0.1) is 0 Å². The molecule has 0 spiro atoms. The lowest BCUT2D eigenvalue weighted by molar-refractivity contribution is 0.0154. The van der Waals surface area contributed by atoms with E-state index >= 15 is 0 Å². The van der Waals surface area contributed by atoms with Gasteiger partial charge in [0.2, 0.25) is 11.7 Å². The van der Waals surface area contributed by atoms with Gasteiger partial charge in [0.1, 0.15) is 11.3 Å². The molecular formula is C26H31N5O4. The number of nitrogens with zero attached hydrogens (tertiary/aromatic N) is 4. The minimum atomic E-state index is -0.443. The first kappa shape index (κ1) is 22.3. The second kappa shape index (κ2) is 7.65. The molecule has 3 aromatic rings. The monoisotopic (exact) mass is 477 g/mol. The summed E-state index contributed by atoms with van der Waals surface area (Å²) in [5, 5.41) is 2.80. The van der Waals surface area contributed by atoms with Gasteiger partial charge in [0, 0.05) is 30.0 Å². The van der Waals surface area contributed by atoms with Gasteiger partial charge < -0.3 is 19.4 Å². The number of pyridine rings is 1. The predicted octanol–water partition coefficient (Wildman–Crippen LogP) is 3.72. The van der Waals surface area contributed by atoms with E-state index in [4.69, 9.17) is 14.5 Å². The Bertz CT molecular complexity index is 1380. The van der Waals surface area contributed by atoms with E-state index in [0.29, 0.717) is 18.3 Å². The molecule has 2 saturated heterocycles. The van der Waals surface area contributed by atoms with E-state index in [0.717, 1.165) is 31.4 Å². The summed E-state index contributed by atoms with van der Waals surface area (Å²) in [6, 6.07) is 3.64. The first-order chi connectivity index (χ1) is 16.7. The highest BCUT2D eigenvalue weighted by Crippen LogP contribution is 2.58. The number of carbonyl (C=O) groups is 1. The molecule has 9 nitrogen and oxygen atoms in total. The highest BCUT2D eigenvalue weighted by Gasteiger charge is 2.61. The van der Waals surface area contributed by atoms with Crippen LogP contribution in [0.25, 0.3) is 5.78 Å². The van der Waals surface area contributed by atoms with Crippen LogP contribution in [0.4, 0.5) is 5.69 Å². The zero-order chi connectivity index (χ0) is 24.5. The van der Waals surface area contributed by atoms with Crippen LogP contribution in [0.2, 0.25) is 0 Å². The fourth-order valence-electron chi connectivity index (χ4n) is 5.85. The van der Waals surface area contributed by atoms with Gasteiger partial charge in [0.15, 0.2) is 0 Å². The second-order valence-electron chi connectivity index (χ2n) is 10.9. The van der Waals surface area contributed by atoms with E-state index in [2.05, 4.69) is 24.1 Å². The van der Waals surface area contributed by atoms with Crippen molar-refractivity contribution in [3.63, 3.8) is 0 Å². The van der Waals surface area contributed by atoms with Crippen LogP contribution in [0.5, 0.6) is 5.88 Å². The van der Waals surface area contributed by atoms with Gasteiger partial charge in [0.05, 0.1) is 24.0 Å². The summed E-state index contributed by atoms with van der Waals surface area (Å²) in [7, 11) is 0. The van der Waals surface area contributed by atoms with Crippen LogP contribution in [0.1, 0.15) is 75.5 Å². The molecule has 7 rings (SSSR count). The van der Waals surface area contributed by atoms with Crippen molar-refractivity contribution < 1.29 is 14.3 Å². The van der Waals surface area contributed by atoms with E-state index in [-0.39, 0.29) is 45.9 Å². The molecule has 2 saturated carbocycles. The molecule has 35 heavy (non-hydrogen) atoms. The number of fused-ring (bicyclic) bond motifs is 2. The number of rotatable bonds is 7. The Hall–Kier alpha value is -3.20. The van der Waals surface area contributed by atoms with Gasteiger partial charge in [0.25, 0.3) is 11.5 Å². The minimum Gasteiger partial charge on any atom is -0.474 e. The standard InChI is InChI=1S/C26H31N5O4/c1-5-16-9-19(16)31-8-6-7-18(23(31)33)27-21(32)17-10-30-11-20(26-12-25(4,13-26)34-14-26)28-24(30)29-22(17)35-15(2)3/h6-8,10-11,15-16,19H,5,9,12-14H2,1-4H3,(H,27,32). The lowest BCUT2D eigenvalue weighted by Crippen LogP contribution is -2.45. The highest BCUT2D eigenvalue weighted by atomic mass is 16.5. The smallest absolute Gasteiger partial charge is 0.274 e. The fourth-order valence-corrected chi connectivity index (χ4v) is 5.85. The van der Waals surface area contributed by atoms with Crippen LogP contribution in [-0.4, -0.2) is 43.2 Å². The summed E-state index contributed by atoms with van der Waals surface area (Å²) < 4.78 is 15.3. The summed E-state index contributed by atoms with van der Waals surface area (Å²) in [4.78, 5) is 35.8. The van der Waals surface area contributed by atoms with Crippen LogP contribution in [-0.2, 0) is 10.2 Å². The van der Waals surface area contributed by atoms with Gasteiger partial charge in [-0.25, -0.2) is 4.98 Å². The second-order valence-corrected chi connectivity index (χ2v) is 10.9. The van der Waals surface area contributed by atoms with E-state index in [1.54, 1.807) is 33.5 Å². The third kappa shape index (κ3) is 3.64. The molecule has 1 N–H and O–H groups in total. The van der Waals surface area contributed by atoms with E-state index in [1.807, 2.05) is 20.0 Å². The van der Waals surface area contributed by atoms with Gasteiger partial charge in [-0.1, -0.05) is 13.3 Å². The Kier molecular flexibility index (Phi) is 4.87. The van der Waals surface area contributed by atoms with E-state index in [1.165, 1.54) is 0 Å². The number of imidazole rings is 1. The Morgan fingerprint density at radius 3 is 2.77 bits per heavy atom. The molecule has 2 atom stereocenters. The van der Waals surface area contributed by atoms with E-state index in [9.17, 15) is 9.59 Å². The van der Waals surface area contributed by atoms with Crippen molar-refractivity contribution in [2.45, 2.75) is 76.5 Å². The number of ether oxygens (including phenoxy) is 2. The Morgan fingerprint density at radius 1 is 1.31 bits per heavy atom. The molecule has 9 heteroatoms. The lowest BCUT2D eigenvalue weighted by Gasteiger charge is -2.41. The quantitative estimate of drug-likeness (QED) is 0.557. The summed E-state index contributed by atoms with van der Waals surface area (Å²) in [5.41, 5.74) is 1.09. The Morgan fingerprint density at radius 2 is 2.11 bits per heavy atom. The number of aromatic nitrogens is 4. The molecule has 4 fully saturated rings. The Balaban J connectivity index is 1.33. The number of nitrogens with one attached hydrogen (secondary N) is 1. The third-order valence-electron chi connectivity index (χ3n) is 7.66. The zero-order valence-corrected chi connectivity index (χ0v) is 20.6. The van der Waals surface area contributed by atoms with Crippen molar-refractivity contribution in [2.24, 2.45) is 5.92 Å². The van der Waals surface area contributed by atoms with Gasteiger partial charge in [-0.05, 0) is 58.1 Å². The SMILES string of the molecule is CCC1CC1n1cccc(NC(=O)c2cn3cc(C45COC(C)(C4)C5)nc3nc2OC(C)C)c1=O. The molecule has 5 heterocycles. The summed E-state index contributed by atoms with van der Waals surface area (Å²) in [6.45, 7) is 8.67. The Labute approximate surface area is 203 Å². The molecule has 2 bridgehead atoms. The van der Waals surface area contributed by atoms with Crippen molar-refractivity contribution in [1.82, 2.24) is 18.9 Å². The van der Waals surface area contributed by atoms with Gasteiger partial charge >= 0.3 is 0 Å². The number of hydrogen-bond donors (Lipinski definition) is 1. The number of amides is 1. The van der Waals surface area contributed by atoms with Crippen LogP contribution in [0.3, 0.4) is 0 Å². The lowest BCUT2D eigenvalue weighted by atomic mass is 9.62. The molecule has 1 amide bonds. The van der Waals surface area contributed by atoms with Crippen LogP contribution in [0, 0.1) is 5.92 Å². The normalized spacial score (nSPS) is 28.8.